The predicted molar refractivity (Wildman–Crippen MR) is 91.2 cm³/mol. The highest BCUT2D eigenvalue weighted by molar-refractivity contribution is 5.85. The predicted octanol–water partition coefficient (Wildman–Crippen LogP) is 3.65. The van der Waals surface area contributed by atoms with Crippen molar-refractivity contribution >= 4 is 5.78 Å². The molecule has 5 unspecified atom stereocenters. The first-order chi connectivity index (χ1) is 11.2. The van der Waals surface area contributed by atoms with Crippen molar-refractivity contribution < 1.29 is 19.4 Å². The van der Waals surface area contributed by atoms with Crippen molar-refractivity contribution in [1.82, 2.24) is 0 Å². The van der Waals surface area contributed by atoms with E-state index in [1.165, 1.54) is 0 Å². The third kappa shape index (κ3) is 2.56. The SMILES string of the molecule is C=C1CCC2C(C)(C)C(O)C(=O)CC2(C)C1CC(O)c1ccoc1. The van der Waals surface area contributed by atoms with E-state index in [0.717, 1.165) is 24.0 Å². The van der Waals surface area contributed by atoms with E-state index in [9.17, 15) is 15.0 Å². The summed E-state index contributed by atoms with van der Waals surface area (Å²) < 4.78 is 5.08. The van der Waals surface area contributed by atoms with Crippen LogP contribution in [0.2, 0.25) is 0 Å². The van der Waals surface area contributed by atoms with Gasteiger partial charge in [0.2, 0.25) is 0 Å². The first kappa shape index (κ1) is 17.4. The van der Waals surface area contributed by atoms with Gasteiger partial charge in [0, 0.05) is 17.4 Å². The topological polar surface area (TPSA) is 70.7 Å². The molecule has 0 aliphatic heterocycles. The van der Waals surface area contributed by atoms with Gasteiger partial charge in [-0.15, -0.1) is 0 Å². The van der Waals surface area contributed by atoms with Gasteiger partial charge in [0.25, 0.3) is 0 Å². The summed E-state index contributed by atoms with van der Waals surface area (Å²) in [6.07, 6.45) is 4.29. The smallest absolute Gasteiger partial charge is 0.162 e. The monoisotopic (exact) mass is 332 g/mol. The molecule has 0 spiro atoms. The Balaban J connectivity index is 1.93. The van der Waals surface area contributed by atoms with E-state index in [0.29, 0.717) is 12.8 Å². The number of hydrogen-bond donors (Lipinski definition) is 2. The second-order valence-electron chi connectivity index (χ2n) is 8.48. The summed E-state index contributed by atoms with van der Waals surface area (Å²) in [4.78, 5) is 12.5. The number of aliphatic hydroxyl groups excluding tert-OH is 2. The van der Waals surface area contributed by atoms with Crippen LogP contribution >= 0.6 is 0 Å². The lowest BCUT2D eigenvalue weighted by Gasteiger charge is -2.58. The second-order valence-corrected chi connectivity index (χ2v) is 8.48. The number of furan rings is 1. The van der Waals surface area contributed by atoms with Crippen molar-refractivity contribution in [2.75, 3.05) is 0 Å². The molecule has 1 aromatic heterocycles. The molecule has 132 valence electrons. The fourth-order valence-electron chi connectivity index (χ4n) is 5.35. The first-order valence-corrected chi connectivity index (χ1v) is 8.76. The first-order valence-electron chi connectivity index (χ1n) is 8.76. The Morgan fingerprint density at radius 3 is 2.75 bits per heavy atom. The molecule has 2 fully saturated rings. The Morgan fingerprint density at radius 1 is 1.42 bits per heavy atom. The van der Waals surface area contributed by atoms with Crippen LogP contribution in [0.3, 0.4) is 0 Å². The van der Waals surface area contributed by atoms with Gasteiger partial charge in [0.15, 0.2) is 5.78 Å². The maximum atomic E-state index is 12.5. The zero-order chi connectivity index (χ0) is 17.7. The molecule has 2 aliphatic carbocycles. The van der Waals surface area contributed by atoms with Gasteiger partial charge in [-0.2, -0.15) is 0 Å². The zero-order valence-electron chi connectivity index (χ0n) is 14.8. The molecule has 5 atom stereocenters. The average molecular weight is 332 g/mol. The number of rotatable bonds is 3. The highest BCUT2D eigenvalue weighted by Crippen LogP contribution is 2.61. The van der Waals surface area contributed by atoms with Crippen molar-refractivity contribution in [1.29, 1.82) is 0 Å². The Kier molecular flexibility index (Phi) is 4.25. The van der Waals surface area contributed by atoms with E-state index in [4.69, 9.17) is 4.42 Å². The molecule has 4 nitrogen and oxygen atoms in total. The van der Waals surface area contributed by atoms with E-state index in [2.05, 4.69) is 13.5 Å². The highest BCUT2D eigenvalue weighted by Gasteiger charge is 2.59. The van der Waals surface area contributed by atoms with Crippen LogP contribution in [0.4, 0.5) is 0 Å². The van der Waals surface area contributed by atoms with E-state index in [1.54, 1.807) is 18.6 Å². The molecule has 1 aromatic rings. The van der Waals surface area contributed by atoms with E-state index >= 15 is 0 Å². The van der Waals surface area contributed by atoms with Gasteiger partial charge in [0.05, 0.1) is 18.6 Å². The summed E-state index contributed by atoms with van der Waals surface area (Å²) in [6, 6.07) is 1.77. The Labute approximate surface area is 143 Å². The van der Waals surface area contributed by atoms with Crippen molar-refractivity contribution in [2.24, 2.45) is 22.7 Å². The molecular formula is C20H28O4. The molecule has 3 rings (SSSR count). The maximum Gasteiger partial charge on any atom is 0.162 e. The highest BCUT2D eigenvalue weighted by atomic mass is 16.3. The van der Waals surface area contributed by atoms with Gasteiger partial charge in [-0.1, -0.05) is 32.9 Å². The molecule has 2 N–H and O–H groups in total. The Bertz CT molecular complexity index is 630. The van der Waals surface area contributed by atoms with Crippen molar-refractivity contribution in [3.8, 4) is 0 Å². The number of carbonyl (C=O) groups is 1. The third-order valence-electron chi connectivity index (χ3n) is 6.69. The summed E-state index contributed by atoms with van der Waals surface area (Å²) >= 11 is 0. The molecule has 0 radical (unpaired) electrons. The van der Waals surface area contributed by atoms with Crippen LogP contribution in [0.5, 0.6) is 0 Å². The van der Waals surface area contributed by atoms with Crippen LogP contribution < -0.4 is 0 Å². The van der Waals surface area contributed by atoms with Crippen LogP contribution in [0.15, 0.2) is 35.2 Å². The maximum absolute atomic E-state index is 12.5. The molecule has 24 heavy (non-hydrogen) atoms. The van der Waals surface area contributed by atoms with Gasteiger partial charge in [-0.25, -0.2) is 0 Å². The normalized spacial score (nSPS) is 37.1. The summed E-state index contributed by atoms with van der Waals surface area (Å²) in [5, 5.41) is 21.0. The summed E-state index contributed by atoms with van der Waals surface area (Å²) in [7, 11) is 0. The van der Waals surface area contributed by atoms with Gasteiger partial charge >= 0.3 is 0 Å². The fraction of sp³-hybridized carbons (Fsp3) is 0.650. The van der Waals surface area contributed by atoms with Crippen LogP contribution in [0.1, 0.15) is 58.1 Å². The van der Waals surface area contributed by atoms with Gasteiger partial charge < -0.3 is 14.6 Å². The Hall–Kier alpha value is -1.39. The molecule has 0 aromatic carbocycles. The Morgan fingerprint density at radius 2 is 2.12 bits per heavy atom. The molecule has 0 saturated heterocycles. The number of hydrogen-bond acceptors (Lipinski definition) is 4. The van der Waals surface area contributed by atoms with Crippen LogP contribution in [0.25, 0.3) is 0 Å². The van der Waals surface area contributed by atoms with Crippen LogP contribution in [-0.4, -0.2) is 22.1 Å². The van der Waals surface area contributed by atoms with Crippen molar-refractivity contribution in [2.45, 2.75) is 58.7 Å². The lowest BCUT2D eigenvalue weighted by molar-refractivity contribution is -0.163. The molecule has 1 heterocycles. The number of aliphatic hydroxyl groups is 2. The number of carbonyl (C=O) groups excluding carboxylic acids is 1. The molecule has 4 heteroatoms. The van der Waals surface area contributed by atoms with Gasteiger partial charge in [-0.05, 0) is 42.6 Å². The molecule has 2 saturated carbocycles. The minimum atomic E-state index is -0.901. The van der Waals surface area contributed by atoms with E-state index in [1.807, 2.05) is 13.8 Å². The minimum absolute atomic E-state index is 0.0527. The van der Waals surface area contributed by atoms with Crippen molar-refractivity contribution in [3.63, 3.8) is 0 Å². The number of ketones is 1. The number of Topliss-reactive ketones (excluding diaryl/α,β-unsaturated/α-hetero) is 1. The quantitative estimate of drug-likeness (QED) is 0.829. The van der Waals surface area contributed by atoms with Crippen LogP contribution in [-0.2, 0) is 4.79 Å². The summed E-state index contributed by atoms with van der Waals surface area (Å²) in [5.41, 5.74) is 1.13. The largest absolute Gasteiger partial charge is 0.472 e. The average Bonchev–Trinajstić information content (AvgIpc) is 3.03. The molecule has 0 amide bonds. The summed E-state index contributed by atoms with van der Waals surface area (Å²) in [6.45, 7) is 10.4. The lowest BCUT2D eigenvalue weighted by Crippen LogP contribution is -2.58. The molecule has 0 bridgehead atoms. The van der Waals surface area contributed by atoms with Crippen LogP contribution in [0, 0.1) is 22.7 Å². The minimum Gasteiger partial charge on any atom is -0.472 e. The lowest BCUT2D eigenvalue weighted by atomic mass is 9.46. The van der Waals surface area contributed by atoms with E-state index < -0.39 is 17.6 Å². The second kappa shape index (κ2) is 5.85. The number of allylic oxidation sites excluding steroid dienone is 1. The standard InChI is InChI=1S/C20H28O4/c1-12-5-6-17-19(2,3)18(23)16(22)10-20(17,4)14(12)9-15(21)13-7-8-24-11-13/h7-8,11,14-15,17-18,21,23H,1,5-6,9-10H2,2-4H3. The molecular weight excluding hydrogens is 304 g/mol. The third-order valence-corrected chi connectivity index (χ3v) is 6.69. The zero-order valence-corrected chi connectivity index (χ0v) is 14.8. The van der Waals surface area contributed by atoms with Gasteiger partial charge in [-0.3, -0.25) is 4.79 Å². The molecule has 2 aliphatic rings. The van der Waals surface area contributed by atoms with Gasteiger partial charge in [0.1, 0.15) is 6.10 Å². The fourth-order valence-corrected chi connectivity index (χ4v) is 5.35. The van der Waals surface area contributed by atoms with Crippen molar-refractivity contribution in [3.05, 3.63) is 36.3 Å². The number of fused-ring (bicyclic) bond motifs is 1. The summed E-state index contributed by atoms with van der Waals surface area (Å²) in [5.74, 6) is 0.192. The van der Waals surface area contributed by atoms with E-state index in [-0.39, 0.29) is 23.0 Å².